The van der Waals surface area contributed by atoms with Crippen LogP contribution < -0.4 is 5.32 Å². The largest absolute Gasteiger partial charge is 0.311 e. The van der Waals surface area contributed by atoms with Crippen LogP contribution in [0.15, 0.2) is 0 Å². The molecule has 58 valence electrons. The van der Waals surface area contributed by atoms with Crippen molar-refractivity contribution >= 4 is 0 Å². The predicted molar refractivity (Wildman–Crippen MR) is 43.0 cm³/mol. The average Bonchev–Trinajstić information content (AvgIpc) is 2.26. The summed E-state index contributed by atoms with van der Waals surface area (Å²) in [5.74, 6) is 0. The van der Waals surface area contributed by atoms with Gasteiger partial charge in [-0.1, -0.05) is 13.8 Å². The molecule has 0 aliphatic carbocycles. The lowest BCUT2D eigenvalue weighted by Gasteiger charge is -2.37. The monoisotopic (exact) mass is 139 g/mol. The van der Waals surface area contributed by atoms with Crippen molar-refractivity contribution < 1.29 is 0 Å². The third-order valence-electron chi connectivity index (χ3n) is 3.32. The van der Waals surface area contributed by atoms with E-state index in [1.54, 1.807) is 0 Å². The zero-order chi connectivity index (χ0) is 7.19. The third-order valence-corrected chi connectivity index (χ3v) is 3.32. The van der Waals surface area contributed by atoms with Crippen LogP contribution in [0.3, 0.4) is 0 Å². The molecule has 2 unspecified atom stereocenters. The Hall–Kier alpha value is -0.0400. The van der Waals surface area contributed by atoms with E-state index in [0.29, 0.717) is 5.41 Å². The van der Waals surface area contributed by atoms with E-state index in [1.807, 2.05) is 0 Å². The molecule has 0 saturated carbocycles. The maximum absolute atomic E-state index is 3.68. The maximum Gasteiger partial charge on any atom is 0.0121 e. The normalized spacial score (nSPS) is 43.8. The van der Waals surface area contributed by atoms with E-state index < -0.39 is 0 Å². The summed E-state index contributed by atoms with van der Waals surface area (Å²) >= 11 is 0. The number of nitrogens with one attached hydrogen (secondary N) is 1. The van der Waals surface area contributed by atoms with Crippen LogP contribution in [-0.4, -0.2) is 12.1 Å². The lowest BCUT2D eigenvalue weighted by Crippen LogP contribution is -2.45. The van der Waals surface area contributed by atoms with Gasteiger partial charge in [-0.05, 0) is 31.1 Å². The number of hydrogen-bond acceptors (Lipinski definition) is 1. The predicted octanol–water partition coefficient (Wildman–Crippen LogP) is 1.93. The summed E-state index contributed by atoms with van der Waals surface area (Å²) < 4.78 is 0. The Morgan fingerprint density at radius 1 is 1.20 bits per heavy atom. The molecular formula is C9H17N. The van der Waals surface area contributed by atoms with E-state index in [2.05, 4.69) is 19.2 Å². The minimum Gasteiger partial charge on any atom is -0.311 e. The van der Waals surface area contributed by atoms with E-state index >= 15 is 0 Å². The molecule has 2 rings (SSSR count). The first-order valence-electron chi connectivity index (χ1n) is 4.44. The lowest BCUT2D eigenvalue weighted by molar-refractivity contribution is 0.191. The van der Waals surface area contributed by atoms with Gasteiger partial charge in [-0.15, -0.1) is 0 Å². The van der Waals surface area contributed by atoms with Crippen LogP contribution in [0.5, 0.6) is 0 Å². The van der Waals surface area contributed by atoms with E-state index in [-0.39, 0.29) is 0 Å². The van der Waals surface area contributed by atoms with Crippen molar-refractivity contribution in [2.24, 2.45) is 5.41 Å². The molecule has 2 saturated heterocycles. The van der Waals surface area contributed by atoms with Crippen molar-refractivity contribution in [1.82, 2.24) is 5.32 Å². The molecule has 0 aromatic carbocycles. The van der Waals surface area contributed by atoms with E-state index in [1.165, 1.54) is 25.7 Å². The minimum atomic E-state index is 0.576. The van der Waals surface area contributed by atoms with Crippen LogP contribution in [-0.2, 0) is 0 Å². The lowest BCUT2D eigenvalue weighted by atomic mass is 9.78. The van der Waals surface area contributed by atoms with Gasteiger partial charge in [0.15, 0.2) is 0 Å². The molecule has 0 amide bonds. The Labute approximate surface area is 63.2 Å². The zero-order valence-electron chi connectivity index (χ0n) is 6.98. The average molecular weight is 139 g/mol. The maximum atomic E-state index is 3.68. The molecule has 2 aliphatic heterocycles. The van der Waals surface area contributed by atoms with Crippen molar-refractivity contribution in [3.05, 3.63) is 0 Å². The second-order valence-corrected chi connectivity index (χ2v) is 4.52. The Balaban J connectivity index is 2.14. The van der Waals surface area contributed by atoms with Crippen LogP contribution in [0.25, 0.3) is 0 Å². The molecular weight excluding hydrogens is 122 g/mol. The molecule has 2 atom stereocenters. The van der Waals surface area contributed by atoms with E-state index in [0.717, 1.165) is 12.1 Å². The van der Waals surface area contributed by atoms with Crippen molar-refractivity contribution in [1.29, 1.82) is 0 Å². The fourth-order valence-corrected chi connectivity index (χ4v) is 2.38. The van der Waals surface area contributed by atoms with Gasteiger partial charge in [0.25, 0.3) is 0 Å². The van der Waals surface area contributed by atoms with Gasteiger partial charge < -0.3 is 5.32 Å². The van der Waals surface area contributed by atoms with E-state index in [9.17, 15) is 0 Å². The molecule has 2 fully saturated rings. The summed E-state index contributed by atoms with van der Waals surface area (Å²) in [5, 5.41) is 3.68. The molecule has 2 bridgehead atoms. The molecule has 0 aromatic rings. The highest BCUT2D eigenvalue weighted by Crippen LogP contribution is 2.39. The summed E-state index contributed by atoms with van der Waals surface area (Å²) in [7, 11) is 0. The van der Waals surface area contributed by atoms with Gasteiger partial charge >= 0.3 is 0 Å². The van der Waals surface area contributed by atoms with Gasteiger partial charge in [0, 0.05) is 12.1 Å². The molecule has 1 nitrogen and oxygen atoms in total. The van der Waals surface area contributed by atoms with Crippen molar-refractivity contribution in [3.63, 3.8) is 0 Å². The van der Waals surface area contributed by atoms with Crippen LogP contribution >= 0.6 is 0 Å². The molecule has 1 heteroatoms. The summed E-state index contributed by atoms with van der Waals surface area (Å²) in [6, 6.07) is 1.70. The zero-order valence-corrected chi connectivity index (χ0v) is 6.98. The van der Waals surface area contributed by atoms with Crippen molar-refractivity contribution in [3.8, 4) is 0 Å². The van der Waals surface area contributed by atoms with Crippen LogP contribution in [0.1, 0.15) is 39.5 Å². The molecule has 2 aliphatic rings. The van der Waals surface area contributed by atoms with Crippen molar-refractivity contribution in [2.45, 2.75) is 51.6 Å². The first-order valence-corrected chi connectivity index (χ1v) is 4.44. The fourth-order valence-electron chi connectivity index (χ4n) is 2.38. The van der Waals surface area contributed by atoms with E-state index in [4.69, 9.17) is 0 Å². The first-order chi connectivity index (χ1) is 4.68. The summed E-state index contributed by atoms with van der Waals surface area (Å²) in [6.45, 7) is 4.79. The first kappa shape index (κ1) is 6.66. The van der Waals surface area contributed by atoms with Gasteiger partial charge in [0.1, 0.15) is 0 Å². The number of piperidine rings is 1. The van der Waals surface area contributed by atoms with Crippen LogP contribution in [0.4, 0.5) is 0 Å². The Morgan fingerprint density at radius 3 is 2.70 bits per heavy atom. The minimum absolute atomic E-state index is 0.576. The summed E-state index contributed by atoms with van der Waals surface area (Å²) in [4.78, 5) is 0. The van der Waals surface area contributed by atoms with Gasteiger partial charge in [0.05, 0.1) is 0 Å². The number of rotatable bonds is 0. The van der Waals surface area contributed by atoms with Gasteiger partial charge in [-0.3, -0.25) is 0 Å². The standard InChI is InChI=1S/C9H17N/c1-9(2)6-5-7-3-4-8(9)10-7/h7-8,10H,3-6H2,1-2H3. The molecule has 1 N–H and O–H groups in total. The third kappa shape index (κ3) is 0.878. The smallest absolute Gasteiger partial charge is 0.0121 e. The fraction of sp³-hybridized carbons (Fsp3) is 1.00. The topological polar surface area (TPSA) is 12.0 Å². The Bertz CT molecular complexity index is 140. The van der Waals surface area contributed by atoms with Crippen LogP contribution in [0, 0.1) is 5.41 Å². The van der Waals surface area contributed by atoms with Gasteiger partial charge in [-0.25, -0.2) is 0 Å². The second kappa shape index (κ2) is 1.97. The SMILES string of the molecule is CC1(C)CCC2CCC1N2. The second-order valence-electron chi connectivity index (χ2n) is 4.52. The molecule has 0 spiro atoms. The van der Waals surface area contributed by atoms with Crippen molar-refractivity contribution in [2.75, 3.05) is 0 Å². The Morgan fingerprint density at radius 2 is 2.00 bits per heavy atom. The quantitative estimate of drug-likeness (QED) is 0.540. The van der Waals surface area contributed by atoms with Crippen LogP contribution in [0.2, 0.25) is 0 Å². The molecule has 2 heterocycles. The van der Waals surface area contributed by atoms with Gasteiger partial charge in [-0.2, -0.15) is 0 Å². The summed E-state index contributed by atoms with van der Waals surface area (Å²) in [6.07, 6.45) is 5.67. The summed E-state index contributed by atoms with van der Waals surface area (Å²) in [5.41, 5.74) is 0.576. The molecule has 0 aromatic heterocycles. The highest BCUT2D eigenvalue weighted by Gasteiger charge is 2.39. The number of hydrogen-bond donors (Lipinski definition) is 1. The van der Waals surface area contributed by atoms with Gasteiger partial charge in [0.2, 0.25) is 0 Å². The molecule has 0 radical (unpaired) electrons. The Kier molecular flexibility index (Phi) is 1.31. The molecule has 10 heavy (non-hydrogen) atoms. The highest BCUT2D eigenvalue weighted by molar-refractivity contribution is 4.97. The highest BCUT2D eigenvalue weighted by atomic mass is 15.0. The number of fused-ring (bicyclic) bond motifs is 2.